The Kier molecular flexibility index (Phi) is 4.23. The first-order valence-corrected chi connectivity index (χ1v) is 13.9. The number of hydrogen-bond donors (Lipinski definition) is 1. The molecule has 1 aromatic carbocycles. The molecule has 0 aromatic heterocycles. The van der Waals surface area contributed by atoms with E-state index in [4.69, 9.17) is 9.47 Å². The van der Waals surface area contributed by atoms with Crippen LogP contribution in [-0.2, 0) is 19.1 Å². The molecule has 37 heavy (non-hydrogen) atoms. The van der Waals surface area contributed by atoms with E-state index in [0.717, 1.165) is 43.4 Å². The van der Waals surface area contributed by atoms with Crippen molar-refractivity contribution in [2.24, 2.45) is 39.9 Å². The van der Waals surface area contributed by atoms with Crippen LogP contribution in [0.25, 0.3) is 6.08 Å². The lowest BCUT2D eigenvalue weighted by Gasteiger charge is -2.66. The summed E-state index contributed by atoms with van der Waals surface area (Å²) >= 11 is 0. The van der Waals surface area contributed by atoms with Crippen LogP contribution in [0.1, 0.15) is 45.1 Å². The van der Waals surface area contributed by atoms with Crippen LogP contribution >= 0.6 is 0 Å². The van der Waals surface area contributed by atoms with Crippen LogP contribution in [0.2, 0.25) is 0 Å². The van der Waals surface area contributed by atoms with E-state index < -0.39 is 0 Å². The number of fused-ring (bicyclic) bond motifs is 1. The summed E-state index contributed by atoms with van der Waals surface area (Å²) in [5.74, 6) is 0.0271. The SMILES string of the molecule is C=C1C[C@@]23C[C@H]4[C@@H]5[C@@]6(C)C[C@H](O)C[C@@]57[C@@H]2[C@H](OC(C)=O)[C@@H]1[C@H](OC(=O)C=Cc1ccccc1)[C@@H]3[C@H]7N4C6. The van der Waals surface area contributed by atoms with E-state index in [1.165, 1.54) is 13.0 Å². The molecule has 0 amide bonds. The van der Waals surface area contributed by atoms with Crippen LogP contribution in [0.3, 0.4) is 0 Å². The van der Waals surface area contributed by atoms with E-state index in [0.29, 0.717) is 12.0 Å². The van der Waals surface area contributed by atoms with Gasteiger partial charge >= 0.3 is 11.9 Å². The Bertz CT molecular complexity index is 1260. The third-order valence-corrected chi connectivity index (χ3v) is 11.9. The lowest BCUT2D eigenvalue weighted by Crippen LogP contribution is -2.69. The number of carbonyl (C=O) groups is 2. The van der Waals surface area contributed by atoms with Crippen molar-refractivity contribution < 1.29 is 24.2 Å². The molecule has 3 saturated heterocycles. The minimum absolute atomic E-state index is 0.0829. The van der Waals surface area contributed by atoms with E-state index in [1.54, 1.807) is 6.08 Å². The van der Waals surface area contributed by atoms with Crippen molar-refractivity contribution in [3.8, 4) is 0 Å². The molecule has 13 atom stereocenters. The molecule has 1 unspecified atom stereocenters. The predicted molar refractivity (Wildman–Crippen MR) is 136 cm³/mol. The zero-order valence-corrected chi connectivity index (χ0v) is 21.5. The summed E-state index contributed by atoms with van der Waals surface area (Å²) in [6.45, 7) is 9.34. The van der Waals surface area contributed by atoms with Gasteiger partial charge in [0, 0.05) is 48.9 Å². The van der Waals surface area contributed by atoms with Crippen molar-refractivity contribution in [1.29, 1.82) is 0 Å². The number of piperidine rings is 2. The van der Waals surface area contributed by atoms with E-state index in [-0.39, 0.29) is 70.3 Å². The van der Waals surface area contributed by atoms with Gasteiger partial charge in [-0.3, -0.25) is 9.69 Å². The molecule has 1 aromatic rings. The molecule has 10 rings (SSSR count). The second-order valence-corrected chi connectivity index (χ2v) is 13.5. The quantitative estimate of drug-likeness (QED) is 0.386. The van der Waals surface area contributed by atoms with Gasteiger partial charge in [-0.05, 0) is 54.1 Å². The maximum Gasteiger partial charge on any atom is 0.331 e. The van der Waals surface area contributed by atoms with Gasteiger partial charge in [-0.25, -0.2) is 4.79 Å². The molecular weight excluding hydrogens is 466 g/mol. The first-order chi connectivity index (χ1) is 17.7. The Morgan fingerprint density at radius 3 is 2.65 bits per heavy atom. The average molecular weight is 502 g/mol. The second kappa shape index (κ2) is 6.95. The van der Waals surface area contributed by atoms with E-state index in [9.17, 15) is 14.7 Å². The third kappa shape index (κ3) is 2.50. The fourth-order valence-corrected chi connectivity index (χ4v) is 12.0. The molecule has 194 valence electrons. The number of rotatable bonds is 4. The number of esters is 2. The number of aliphatic hydroxyl groups excluding tert-OH is 1. The normalized spacial score (nSPS) is 53.2. The van der Waals surface area contributed by atoms with Crippen LogP contribution in [0, 0.1) is 39.9 Å². The molecule has 9 bridgehead atoms. The Morgan fingerprint density at radius 1 is 1.11 bits per heavy atom. The van der Waals surface area contributed by atoms with Gasteiger partial charge in [-0.2, -0.15) is 0 Å². The van der Waals surface area contributed by atoms with Crippen molar-refractivity contribution in [2.75, 3.05) is 6.54 Å². The third-order valence-electron chi connectivity index (χ3n) is 11.9. The maximum absolute atomic E-state index is 13.3. The standard InChI is InChI=1S/C31H35NO5/c1-16-11-30-14-20-26-29(3)12-19(34)13-31(26)27(30)25(36-17(2)33)22(16)24(23(30)28(31)32(20)15-29)37-21(35)10-9-18-7-5-4-6-8-18/h4-10,19-20,22-28,34H,1,11-15H2,2-3H3/t19-,20-,22-,23+,24-,25+,26+,27+,28+,29-,30-,31-/m0/s1. The molecule has 1 N–H and O–H groups in total. The van der Waals surface area contributed by atoms with Crippen molar-refractivity contribution in [3.05, 3.63) is 54.1 Å². The molecule has 9 aliphatic rings. The Morgan fingerprint density at radius 2 is 1.89 bits per heavy atom. The maximum atomic E-state index is 13.3. The van der Waals surface area contributed by atoms with Gasteiger partial charge < -0.3 is 14.6 Å². The van der Waals surface area contributed by atoms with Crippen LogP contribution in [0.4, 0.5) is 0 Å². The second-order valence-electron chi connectivity index (χ2n) is 13.5. The van der Waals surface area contributed by atoms with Gasteiger partial charge in [-0.15, -0.1) is 0 Å². The number of benzene rings is 1. The molecule has 3 aliphatic heterocycles. The Balaban J connectivity index is 1.24. The fraction of sp³-hybridized carbons (Fsp3) is 0.613. The van der Waals surface area contributed by atoms with Gasteiger partial charge in [-0.1, -0.05) is 49.4 Å². The van der Waals surface area contributed by atoms with Gasteiger partial charge in [0.2, 0.25) is 0 Å². The van der Waals surface area contributed by atoms with Gasteiger partial charge in [0.25, 0.3) is 0 Å². The van der Waals surface area contributed by atoms with Crippen LogP contribution in [0.5, 0.6) is 0 Å². The predicted octanol–water partition coefficient (Wildman–Crippen LogP) is 3.60. The van der Waals surface area contributed by atoms with Crippen LogP contribution in [-0.4, -0.2) is 58.9 Å². The van der Waals surface area contributed by atoms with E-state index >= 15 is 0 Å². The molecule has 6 nitrogen and oxygen atoms in total. The monoisotopic (exact) mass is 501 g/mol. The first kappa shape index (κ1) is 22.5. The zero-order valence-electron chi connectivity index (χ0n) is 21.5. The van der Waals surface area contributed by atoms with E-state index in [1.807, 2.05) is 30.3 Å². The van der Waals surface area contributed by atoms with E-state index in [2.05, 4.69) is 18.4 Å². The van der Waals surface area contributed by atoms with Crippen molar-refractivity contribution >= 4 is 18.0 Å². The summed E-state index contributed by atoms with van der Waals surface area (Å²) in [7, 11) is 0. The Hall–Kier alpha value is -2.44. The molecular formula is C31H35NO5. The van der Waals surface area contributed by atoms with Gasteiger partial charge in [0.15, 0.2) is 0 Å². The first-order valence-electron chi connectivity index (χ1n) is 13.9. The fourth-order valence-electron chi connectivity index (χ4n) is 12.0. The summed E-state index contributed by atoms with van der Waals surface area (Å²) in [5.41, 5.74) is 1.90. The number of ether oxygens (including phenoxy) is 2. The number of aliphatic hydroxyl groups is 1. The molecule has 6 aliphatic carbocycles. The minimum atomic E-state index is -0.371. The lowest BCUT2D eigenvalue weighted by atomic mass is 9.39. The largest absolute Gasteiger partial charge is 0.461 e. The molecule has 9 fully saturated rings. The van der Waals surface area contributed by atoms with Crippen LogP contribution in [0.15, 0.2) is 48.6 Å². The highest BCUT2D eigenvalue weighted by atomic mass is 16.6. The highest BCUT2D eigenvalue weighted by Crippen LogP contribution is 2.87. The minimum Gasteiger partial charge on any atom is -0.461 e. The molecule has 0 radical (unpaired) electrons. The topological polar surface area (TPSA) is 76.1 Å². The lowest BCUT2D eigenvalue weighted by molar-refractivity contribution is -0.229. The molecule has 6 heteroatoms. The summed E-state index contributed by atoms with van der Waals surface area (Å²) in [5, 5.41) is 11.2. The molecule has 3 heterocycles. The summed E-state index contributed by atoms with van der Waals surface area (Å²) in [6, 6.07) is 10.5. The highest BCUT2D eigenvalue weighted by molar-refractivity contribution is 5.87. The zero-order chi connectivity index (χ0) is 25.5. The van der Waals surface area contributed by atoms with Crippen molar-refractivity contribution in [2.45, 2.75) is 69.9 Å². The molecule has 2 spiro atoms. The van der Waals surface area contributed by atoms with Gasteiger partial charge in [0.1, 0.15) is 12.2 Å². The van der Waals surface area contributed by atoms with Crippen molar-refractivity contribution in [3.63, 3.8) is 0 Å². The Labute approximate surface area is 217 Å². The van der Waals surface area contributed by atoms with Crippen molar-refractivity contribution in [1.82, 2.24) is 4.90 Å². The smallest absolute Gasteiger partial charge is 0.331 e. The van der Waals surface area contributed by atoms with Gasteiger partial charge in [0.05, 0.1) is 12.0 Å². The summed E-state index contributed by atoms with van der Waals surface area (Å²) < 4.78 is 12.6. The molecule has 6 saturated carbocycles. The average Bonchev–Trinajstić information content (AvgIpc) is 3.25. The number of nitrogens with zero attached hydrogens (tertiary/aromatic N) is 1. The summed E-state index contributed by atoms with van der Waals surface area (Å²) in [6.07, 6.45) is 5.83. The van der Waals surface area contributed by atoms with Crippen LogP contribution < -0.4 is 0 Å². The number of hydrogen-bond acceptors (Lipinski definition) is 6. The highest BCUT2D eigenvalue weighted by Gasteiger charge is 2.91. The summed E-state index contributed by atoms with van der Waals surface area (Å²) in [4.78, 5) is 28.5. The number of carbonyl (C=O) groups excluding carboxylic acids is 2.